The number of aliphatic hydroxyl groups is 5. The number of allylic oxidation sites excluding steroid dienone is 6. The van der Waals surface area contributed by atoms with Crippen molar-refractivity contribution in [2.45, 2.75) is 147 Å². The number of carbonyl (C=O) groups excluding carboxylic acids is 1. The molecule has 0 saturated carbocycles. The van der Waals surface area contributed by atoms with Crippen molar-refractivity contribution in [3.63, 3.8) is 0 Å². The Hall–Kier alpha value is -1.59. The second kappa shape index (κ2) is 23.9. The van der Waals surface area contributed by atoms with Crippen LogP contribution in [0, 0.1) is 0 Å². The quantitative estimate of drug-likeness (QED) is 0.0786. The third kappa shape index (κ3) is 16.6. The Bertz CT molecular complexity index is 741. The van der Waals surface area contributed by atoms with Crippen molar-refractivity contribution < 1.29 is 39.8 Å². The summed E-state index contributed by atoms with van der Waals surface area (Å²) in [6.07, 6.45) is 18.1. The maximum absolute atomic E-state index is 12.6. The van der Waals surface area contributed by atoms with Gasteiger partial charge in [-0.1, -0.05) is 88.8 Å². The first-order valence-corrected chi connectivity index (χ1v) is 15.7. The molecule has 7 atom stereocenters. The Morgan fingerprint density at radius 3 is 2.20 bits per heavy atom. The Morgan fingerprint density at radius 1 is 0.854 bits per heavy atom. The lowest BCUT2D eigenvalue weighted by atomic mass is 9.99. The van der Waals surface area contributed by atoms with Crippen LogP contribution in [0.2, 0.25) is 0 Å². The summed E-state index contributed by atoms with van der Waals surface area (Å²) in [6, 6.07) is -0.721. The summed E-state index contributed by atoms with van der Waals surface area (Å²) in [4.78, 5) is 12.6. The van der Waals surface area contributed by atoms with Gasteiger partial charge in [0, 0.05) is 6.42 Å². The lowest BCUT2D eigenvalue weighted by Gasteiger charge is -2.40. The predicted molar refractivity (Wildman–Crippen MR) is 161 cm³/mol. The molecule has 9 heteroatoms. The summed E-state index contributed by atoms with van der Waals surface area (Å²) >= 11 is 0. The van der Waals surface area contributed by atoms with Crippen LogP contribution in [-0.2, 0) is 14.3 Å². The highest BCUT2D eigenvalue weighted by molar-refractivity contribution is 5.76. The molecule has 6 N–H and O–H groups in total. The van der Waals surface area contributed by atoms with Crippen LogP contribution in [0.1, 0.15) is 104 Å². The van der Waals surface area contributed by atoms with Crippen LogP contribution in [0.4, 0.5) is 0 Å². The van der Waals surface area contributed by atoms with Gasteiger partial charge >= 0.3 is 0 Å². The number of unbranched alkanes of at least 4 members (excludes halogenated alkanes) is 7. The van der Waals surface area contributed by atoms with Gasteiger partial charge in [-0.2, -0.15) is 0 Å². The molecule has 0 aromatic heterocycles. The van der Waals surface area contributed by atoms with Crippen molar-refractivity contribution in [1.82, 2.24) is 5.32 Å². The zero-order valence-corrected chi connectivity index (χ0v) is 25.3. The highest BCUT2D eigenvalue weighted by Crippen LogP contribution is 2.22. The third-order valence-electron chi connectivity index (χ3n) is 7.26. The van der Waals surface area contributed by atoms with Gasteiger partial charge in [-0.25, -0.2) is 0 Å². The SMILES string of the molecule is CC/C=C\C/C=C\C/C=C\CCCCCCCC(=O)NC(COC1OC(CO)C(O)C(O)C1O)C(O)CCCCC. The monoisotopic (exact) mass is 583 g/mol. The molecule has 9 nitrogen and oxygen atoms in total. The molecule has 0 aromatic rings. The first kappa shape index (κ1) is 37.4. The van der Waals surface area contributed by atoms with Gasteiger partial charge in [0.1, 0.15) is 24.4 Å². The highest BCUT2D eigenvalue weighted by atomic mass is 16.7. The molecule has 1 aliphatic heterocycles. The van der Waals surface area contributed by atoms with E-state index in [0.717, 1.165) is 77.0 Å². The van der Waals surface area contributed by atoms with Crippen molar-refractivity contribution in [2.75, 3.05) is 13.2 Å². The molecule has 0 aromatic carbocycles. The van der Waals surface area contributed by atoms with Gasteiger partial charge in [0.2, 0.25) is 5.91 Å². The van der Waals surface area contributed by atoms with Gasteiger partial charge in [0.15, 0.2) is 6.29 Å². The average molecular weight is 584 g/mol. The molecule has 41 heavy (non-hydrogen) atoms. The molecular formula is C32H57NO8. The Kier molecular flexibility index (Phi) is 21.8. The Morgan fingerprint density at radius 2 is 1.51 bits per heavy atom. The molecule has 0 radical (unpaired) electrons. The van der Waals surface area contributed by atoms with E-state index in [2.05, 4.69) is 55.6 Å². The van der Waals surface area contributed by atoms with Gasteiger partial charge in [-0.3, -0.25) is 4.79 Å². The second-order valence-electron chi connectivity index (χ2n) is 10.9. The Balaban J connectivity index is 2.36. The van der Waals surface area contributed by atoms with Crippen molar-refractivity contribution in [3.05, 3.63) is 36.5 Å². The molecule has 0 bridgehead atoms. The van der Waals surface area contributed by atoms with E-state index in [1.807, 2.05) is 0 Å². The van der Waals surface area contributed by atoms with Crippen molar-refractivity contribution in [1.29, 1.82) is 0 Å². The minimum absolute atomic E-state index is 0.152. The maximum Gasteiger partial charge on any atom is 0.220 e. The lowest BCUT2D eigenvalue weighted by molar-refractivity contribution is -0.302. The molecule has 238 valence electrons. The number of aliphatic hydroxyl groups excluding tert-OH is 5. The fourth-order valence-corrected chi connectivity index (χ4v) is 4.64. The minimum Gasteiger partial charge on any atom is -0.394 e. The molecule has 1 amide bonds. The second-order valence-corrected chi connectivity index (χ2v) is 10.9. The lowest BCUT2D eigenvalue weighted by Crippen LogP contribution is -2.60. The van der Waals surface area contributed by atoms with Gasteiger partial charge in [-0.05, 0) is 44.9 Å². The molecule has 0 spiro atoms. The fourth-order valence-electron chi connectivity index (χ4n) is 4.64. The van der Waals surface area contributed by atoms with Gasteiger partial charge in [0.25, 0.3) is 0 Å². The molecule has 1 saturated heterocycles. The molecule has 1 heterocycles. The zero-order chi connectivity index (χ0) is 30.3. The highest BCUT2D eigenvalue weighted by Gasteiger charge is 2.44. The van der Waals surface area contributed by atoms with E-state index in [9.17, 15) is 30.3 Å². The summed E-state index contributed by atoms with van der Waals surface area (Å²) in [5, 5.41) is 53.2. The molecular weight excluding hydrogens is 526 g/mol. The number of ether oxygens (including phenoxy) is 2. The van der Waals surface area contributed by atoms with E-state index in [1.165, 1.54) is 0 Å². The predicted octanol–water partition coefficient (Wildman–Crippen LogP) is 3.82. The van der Waals surface area contributed by atoms with E-state index in [4.69, 9.17) is 9.47 Å². The van der Waals surface area contributed by atoms with E-state index < -0.39 is 49.5 Å². The van der Waals surface area contributed by atoms with Crippen LogP contribution in [0.15, 0.2) is 36.5 Å². The molecule has 0 aliphatic carbocycles. The first-order chi connectivity index (χ1) is 19.8. The smallest absolute Gasteiger partial charge is 0.220 e. The number of hydrogen-bond acceptors (Lipinski definition) is 8. The van der Waals surface area contributed by atoms with Crippen LogP contribution in [0.5, 0.6) is 0 Å². The van der Waals surface area contributed by atoms with Crippen LogP contribution in [0.3, 0.4) is 0 Å². The van der Waals surface area contributed by atoms with Crippen LogP contribution < -0.4 is 5.32 Å². The maximum atomic E-state index is 12.6. The molecule has 1 fully saturated rings. The van der Waals surface area contributed by atoms with Gasteiger partial charge in [0.05, 0.1) is 25.4 Å². The van der Waals surface area contributed by atoms with E-state index in [1.54, 1.807) is 0 Å². The fraction of sp³-hybridized carbons (Fsp3) is 0.781. The minimum atomic E-state index is -1.55. The van der Waals surface area contributed by atoms with Gasteiger partial charge < -0.3 is 40.3 Å². The van der Waals surface area contributed by atoms with Gasteiger partial charge in [-0.15, -0.1) is 0 Å². The normalized spacial score (nSPS) is 24.9. The number of rotatable bonds is 23. The van der Waals surface area contributed by atoms with E-state index in [0.29, 0.717) is 12.8 Å². The molecule has 1 rings (SSSR count). The third-order valence-corrected chi connectivity index (χ3v) is 7.26. The van der Waals surface area contributed by atoms with Crippen molar-refractivity contribution in [2.24, 2.45) is 0 Å². The van der Waals surface area contributed by atoms with Crippen LogP contribution in [0.25, 0.3) is 0 Å². The topological polar surface area (TPSA) is 149 Å². The number of amides is 1. The summed E-state index contributed by atoms with van der Waals surface area (Å²) in [6.45, 7) is 3.49. The summed E-state index contributed by atoms with van der Waals surface area (Å²) in [7, 11) is 0. The first-order valence-electron chi connectivity index (χ1n) is 15.7. The Labute approximate surface area is 247 Å². The van der Waals surface area contributed by atoms with Crippen LogP contribution in [-0.4, -0.2) is 87.5 Å². The summed E-state index contributed by atoms with van der Waals surface area (Å²) in [5.41, 5.74) is 0. The zero-order valence-electron chi connectivity index (χ0n) is 25.3. The molecule has 7 unspecified atom stereocenters. The molecule has 1 aliphatic rings. The van der Waals surface area contributed by atoms with E-state index in [-0.39, 0.29) is 12.5 Å². The number of nitrogens with one attached hydrogen (secondary N) is 1. The van der Waals surface area contributed by atoms with E-state index >= 15 is 0 Å². The van der Waals surface area contributed by atoms with Crippen LogP contribution >= 0.6 is 0 Å². The van der Waals surface area contributed by atoms with Crippen molar-refractivity contribution >= 4 is 5.91 Å². The summed E-state index contributed by atoms with van der Waals surface area (Å²) < 4.78 is 11.0. The standard InChI is InChI=1S/C32H57NO8/c1-3-5-7-8-9-10-11-12-13-14-15-16-17-18-20-22-28(36)33-25(26(35)21-19-6-4-2)24-40-32-31(39)30(38)29(37)27(23-34)41-32/h5,7,9-10,12-13,25-27,29-32,34-35,37-39H,3-4,6,8,11,14-24H2,1-2H3,(H,33,36)/b7-5-,10-9-,13-12-. The summed E-state index contributed by atoms with van der Waals surface area (Å²) in [5.74, 6) is -0.178. The number of carbonyl (C=O) groups is 1. The average Bonchev–Trinajstić information content (AvgIpc) is 2.96. The number of hydrogen-bond donors (Lipinski definition) is 6. The van der Waals surface area contributed by atoms with Crippen molar-refractivity contribution in [3.8, 4) is 0 Å². The largest absolute Gasteiger partial charge is 0.394 e.